The van der Waals surface area contributed by atoms with E-state index in [1.165, 1.54) is 0 Å². The van der Waals surface area contributed by atoms with Crippen LogP contribution in [-0.4, -0.2) is 79.6 Å². The molecule has 0 radical (unpaired) electrons. The molecule has 0 aromatic rings. The van der Waals surface area contributed by atoms with Gasteiger partial charge in [0.1, 0.15) is 0 Å². The second-order valence-electron chi connectivity index (χ2n) is 5.16. The smallest absolute Gasteiger partial charge is 0.242 e. The lowest BCUT2D eigenvalue weighted by Crippen LogP contribution is -2.36. The molecule has 0 aliphatic carbocycles. The van der Waals surface area contributed by atoms with Crippen LogP contribution in [-0.2, 0) is 28.7 Å². The maximum Gasteiger partial charge on any atom is 0.242 e. The largest absolute Gasteiger partial charge is 0.382 e. The van der Waals surface area contributed by atoms with Gasteiger partial charge < -0.3 is 19.9 Å². The van der Waals surface area contributed by atoms with Gasteiger partial charge in [-0.25, -0.2) is 0 Å². The van der Waals surface area contributed by atoms with Crippen molar-refractivity contribution < 1.29 is 28.7 Å². The number of nitrogens with one attached hydrogen (secondary N) is 2. The molecule has 0 bridgehead atoms. The first-order chi connectivity index (χ1) is 12.0. The number of thioether (sulfide) groups is 1. The Labute approximate surface area is 153 Å². The molecule has 1 rings (SSSR count). The van der Waals surface area contributed by atoms with Crippen molar-refractivity contribution in [1.82, 2.24) is 15.3 Å². The van der Waals surface area contributed by atoms with Gasteiger partial charge in [-0.1, -0.05) is 0 Å². The van der Waals surface area contributed by atoms with Crippen LogP contribution in [0.5, 0.6) is 0 Å². The van der Waals surface area contributed by atoms with Gasteiger partial charge >= 0.3 is 0 Å². The van der Waals surface area contributed by atoms with Crippen LogP contribution in [0.4, 0.5) is 0 Å². The lowest BCUT2D eigenvalue weighted by atomic mass is 10.3. The molecule has 1 aliphatic rings. The summed E-state index contributed by atoms with van der Waals surface area (Å²) in [5, 5.41) is 4.47. The predicted molar refractivity (Wildman–Crippen MR) is 95.8 cm³/mol. The molecule has 2 N–H and O–H groups in total. The van der Waals surface area contributed by atoms with Gasteiger partial charge in [-0.2, -0.15) is 0 Å². The highest BCUT2D eigenvalue weighted by molar-refractivity contribution is 8.01. The predicted octanol–water partition coefficient (Wildman–Crippen LogP) is -1.08. The van der Waals surface area contributed by atoms with E-state index in [-0.39, 0.29) is 48.8 Å². The fourth-order valence-electron chi connectivity index (χ4n) is 2.04. The molecule has 1 heterocycles. The summed E-state index contributed by atoms with van der Waals surface area (Å²) in [7, 11) is 3.66. The Morgan fingerprint density at radius 2 is 2.04 bits per heavy atom. The maximum absolute atomic E-state index is 12.2. The van der Waals surface area contributed by atoms with Crippen molar-refractivity contribution in [3.8, 4) is 0 Å². The summed E-state index contributed by atoms with van der Waals surface area (Å²) in [5.41, 5.74) is 0. The van der Waals surface area contributed by atoms with Crippen LogP contribution < -0.4 is 10.4 Å². The van der Waals surface area contributed by atoms with Crippen LogP contribution >= 0.6 is 21.2 Å². The standard InChI is InChI=1S/C14H24N3O6PS/c1-22-6-7-23-5-3-15-11(18)2-4-17-13(20)8-10(14(17)21)25-9-12(19)16-24/h10H,2-9,24H2,1H3,(H,15,18)(H,16,19). The first-order valence-electron chi connectivity index (χ1n) is 7.78. The Hall–Kier alpha value is -1.22. The van der Waals surface area contributed by atoms with Gasteiger partial charge in [-0.05, 0) is 9.39 Å². The van der Waals surface area contributed by atoms with E-state index in [1.807, 2.05) is 0 Å². The fraction of sp³-hybridized carbons (Fsp3) is 0.714. The van der Waals surface area contributed by atoms with Crippen molar-refractivity contribution in [2.45, 2.75) is 18.1 Å². The maximum atomic E-state index is 12.2. The quantitative estimate of drug-likeness (QED) is 0.246. The Morgan fingerprint density at radius 1 is 1.28 bits per heavy atom. The minimum absolute atomic E-state index is 0.0407. The first-order valence-corrected chi connectivity index (χ1v) is 9.40. The van der Waals surface area contributed by atoms with Crippen molar-refractivity contribution in [2.75, 3.05) is 45.8 Å². The minimum Gasteiger partial charge on any atom is -0.382 e. The number of carbonyl (C=O) groups is 4. The summed E-state index contributed by atoms with van der Waals surface area (Å²) in [6, 6.07) is 0. The van der Waals surface area contributed by atoms with E-state index in [9.17, 15) is 19.2 Å². The SMILES string of the molecule is COCCOCCNC(=O)CCN1C(=O)CC(SCC(=O)NP)C1=O. The van der Waals surface area contributed by atoms with Crippen molar-refractivity contribution in [3.63, 3.8) is 0 Å². The molecule has 142 valence electrons. The molecule has 0 aromatic carbocycles. The summed E-state index contributed by atoms with van der Waals surface area (Å²) in [4.78, 5) is 48.1. The highest BCUT2D eigenvalue weighted by Gasteiger charge is 2.38. The number of carbonyl (C=O) groups excluding carboxylic acids is 4. The Bertz CT molecular complexity index is 493. The summed E-state index contributed by atoms with van der Waals surface area (Å²) in [6.07, 6.45) is 0.0988. The van der Waals surface area contributed by atoms with Crippen molar-refractivity contribution >= 4 is 44.8 Å². The molecule has 2 unspecified atom stereocenters. The van der Waals surface area contributed by atoms with Crippen molar-refractivity contribution in [2.24, 2.45) is 0 Å². The third-order valence-electron chi connectivity index (χ3n) is 3.34. The highest BCUT2D eigenvalue weighted by Crippen LogP contribution is 2.25. The molecule has 2 atom stereocenters. The molecule has 0 saturated carbocycles. The van der Waals surface area contributed by atoms with Gasteiger partial charge in [0.05, 0.1) is 30.8 Å². The number of likely N-dealkylation sites (tertiary alicyclic amines) is 1. The number of amides is 4. The van der Waals surface area contributed by atoms with Gasteiger partial charge in [0.15, 0.2) is 0 Å². The Kier molecular flexibility index (Phi) is 10.6. The average molecular weight is 393 g/mol. The molecule has 1 fully saturated rings. The lowest BCUT2D eigenvalue weighted by Gasteiger charge is -2.14. The van der Waals surface area contributed by atoms with Gasteiger partial charge in [0.25, 0.3) is 0 Å². The van der Waals surface area contributed by atoms with E-state index in [2.05, 4.69) is 19.8 Å². The highest BCUT2D eigenvalue weighted by atomic mass is 32.2. The second-order valence-corrected chi connectivity index (χ2v) is 6.64. The van der Waals surface area contributed by atoms with E-state index in [1.54, 1.807) is 7.11 Å². The van der Waals surface area contributed by atoms with Crippen LogP contribution in [0.2, 0.25) is 0 Å². The van der Waals surface area contributed by atoms with Crippen LogP contribution in [0.1, 0.15) is 12.8 Å². The molecule has 0 aromatic heterocycles. The van der Waals surface area contributed by atoms with Crippen LogP contribution in [0.3, 0.4) is 0 Å². The zero-order valence-corrected chi connectivity index (χ0v) is 16.1. The number of hydrogen-bond donors (Lipinski definition) is 2. The number of nitrogens with zero attached hydrogens (tertiary/aromatic N) is 1. The molecule has 9 nitrogen and oxygen atoms in total. The zero-order chi connectivity index (χ0) is 18.7. The number of hydrogen-bond acceptors (Lipinski definition) is 7. The molecule has 4 amide bonds. The summed E-state index contributed by atoms with van der Waals surface area (Å²) in [6.45, 7) is 1.71. The van der Waals surface area contributed by atoms with E-state index in [0.717, 1.165) is 16.7 Å². The first kappa shape index (κ1) is 21.8. The summed E-state index contributed by atoms with van der Waals surface area (Å²) in [5.74, 6) is -1.05. The third kappa shape index (κ3) is 8.13. The van der Waals surface area contributed by atoms with Gasteiger partial charge in [-0.15, -0.1) is 11.8 Å². The van der Waals surface area contributed by atoms with E-state index in [4.69, 9.17) is 9.47 Å². The van der Waals surface area contributed by atoms with Crippen LogP contribution in [0.15, 0.2) is 0 Å². The number of ether oxygens (including phenoxy) is 2. The van der Waals surface area contributed by atoms with E-state index >= 15 is 0 Å². The Morgan fingerprint density at radius 3 is 2.72 bits per heavy atom. The summed E-state index contributed by atoms with van der Waals surface area (Å²) < 4.78 is 10.0. The van der Waals surface area contributed by atoms with E-state index < -0.39 is 5.25 Å². The molecule has 11 heteroatoms. The molecule has 1 aliphatic heterocycles. The second kappa shape index (κ2) is 12.2. The van der Waals surface area contributed by atoms with Crippen LogP contribution in [0.25, 0.3) is 0 Å². The molecular weight excluding hydrogens is 369 g/mol. The summed E-state index contributed by atoms with van der Waals surface area (Å²) >= 11 is 1.13. The monoisotopic (exact) mass is 393 g/mol. The van der Waals surface area contributed by atoms with E-state index in [0.29, 0.717) is 26.4 Å². The lowest BCUT2D eigenvalue weighted by molar-refractivity contribution is -0.138. The molecular formula is C14H24N3O6PS. The topological polar surface area (TPSA) is 114 Å². The number of methoxy groups -OCH3 is 1. The minimum atomic E-state index is -0.563. The molecule has 1 saturated heterocycles. The van der Waals surface area contributed by atoms with Gasteiger partial charge in [-0.3, -0.25) is 24.1 Å². The normalized spacial score (nSPS) is 17.0. The van der Waals surface area contributed by atoms with Crippen molar-refractivity contribution in [3.05, 3.63) is 0 Å². The van der Waals surface area contributed by atoms with Crippen LogP contribution in [0, 0.1) is 0 Å². The average Bonchev–Trinajstić information content (AvgIpc) is 2.87. The molecule has 0 spiro atoms. The van der Waals surface area contributed by atoms with Gasteiger partial charge in [0.2, 0.25) is 23.6 Å². The third-order valence-corrected chi connectivity index (χ3v) is 4.86. The Balaban J connectivity index is 2.25. The van der Waals surface area contributed by atoms with Gasteiger partial charge in [0, 0.05) is 33.0 Å². The zero-order valence-electron chi connectivity index (χ0n) is 14.1. The van der Waals surface area contributed by atoms with Crippen molar-refractivity contribution in [1.29, 1.82) is 0 Å². The molecule has 25 heavy (non-hydrogen) atoms. The number of imide groups is 1. The fourth-order valence-corrected chi connectivity index (χ4v) is 3.26. The number of rotatable bonds is 12.